The number of halogens is 2. The number of piperidine rings is 1. The van der Waals surface area contributed by atoms with Crippen LogP contribution in [0.3, 0.4) is 0 Å². The highest BCUT2D eigenvalue weighted by Gasteiger charge is 2.43. The topological polar surface area (TPSA) is 236 Å². The van der Waals surface area contributed by atoms with Crippen LogP contribution in [0.2, 0.25) is 5.02 Å². The van der Waals surface area contributed by atoms with Gasteiger partial charge in [-0.3, -0.25) is 14.4 Å². The molecular weight excluding hydrogens is 1190 g/mol. The number of carbonyl (C=O) groups is 2. The average Bonchev–Trinajstić information content (AvgIpc) is 4.21. The van der Waals surface area contributed by atoms with E-state index in [1.807, 2.05) is 57.2 Å². The van der Waals surface area contributed by atoms with E-state index in [4.69, 9.17) is 54.3 Å². The third-order valence-electron chi connectivity index (χ3n) is 13.7. The average molecular weight is 1260 g/mol. The van der Waals surface area contributed by atoms with Crippen LogP contribution in [-0.2, 0) is 46.9 Å². The Hall–Kier alpha value is -5.51. The SMILES string of the molecule is Cc1cc(C(C(=O)N2C[C@H](O)C[C@H]2C(=O)NCc2ccc(-c3scnc3C)cc2OCCOCCOCCOCCOCCOC2CCN(c3ncc(Cl)c(Nc4ccc5c(c4)cc(OCCI)c(=O)n5C)n3)CC2)C(C)C)on1. The van der Waals surface area contributed by atoms with Crippen molar-refractivity contribution in [3.63, 3.8) is 0 Å². The number of aliphatic hydroxyl groups is 1. The van der Waals surface area contributed by atoms with Gasteiger partial charge in [0.15, 0.2) is 11.6 Å². The van der Waals surface area contributed by atoms with Gasteiger partial charge in [0.2, 0.25) is 17.8 Å². The number of benzene rings is 2. The van der Waals surface area contributed by atoms with Crippen molar-refractivity contribution >= 4 is 85.7 Å². The summed E-state index contributed by atoms with van der Waals surface area (Å²) in [5.74, 6) is 0.986. The van der Waals surface area contributed by atoms with Gasteiger partial charge in [-0.25, -0.2) is 9.97 Å². The normalized spacial score (nSPS) is 16.2. The van der Waals surface area contributed by atoms with Crippen LogP contribution in [0.5, 0.6) is 11.5 Å². The monoisotopic (exact) mass is 1260 g/mol. The first-order chi connectivity index (χ1) is 38.8. The molecule has 3 N–H and O–H groups in total. The standard InChI is InChI=1S/C56H71ClIN9O12S/c1-35(2)50(48-26-36(3)64-79-48)55(71)67-33-42(68)30-46(67)53(69)59-31-39-7-6-38(51-37(4)61-34-80-51)28-47(39)78-25-23-75-21-19-73-17-16-72-18-20-74-22-24-76-43-10-13-66(14-11-43)56-60-32-44(57)52(63-56)62-41-8-9-45-40(27-41)29-49(77-15-12-58)54(70)65(45)5/h6-9,26-29,32,34-35,42-43,46,50,68H,10-25,30-31,33H2,1-5H3,(H,59,69)(H,60,62,63)/t42-,46+,50?/m1/s1. The number of hydrogen-bond acceptors (Lipinski definition) is 19. The second-order valence-electron chi connectivity index (χ2n) is 19.8. The Bertz CT molecular complexity index is 3050. The summed E-state index contributed by atoms with van der Waals surface area (Å²) in [6.07, 6.45) is 2.64. The van der Waals surface area contributed by atoms with Gasteiger partial charge in [-0.15, -0.1) is 11.3 Å². The highest BCUT2D eigenvalue weighted by molar-refractivity contribution is 14.1. The Morgan fingerprint density at radius 1 is 0.887 bits per heavy atom. The molecule has 0 saturated carbocycles. The predicted molar refractivity (Wildman–Crippen MR) is 313 cm³/mol. The lowest BCUT2D eigenvalue weighted by molar-refractivity contribution is -0.141. The molecule has 432 valence electrons. The maximum Gasteiger partial charge on any atom is 0.293 e. The van der Waals surface area contributed by atoms with Gasteiger partial charge in [-0.05, 0) is 68.5 Å². The molecule has 6 aromatic rings. The number of pyridine rings is 1. The Morgan fingerprint density at radius 3 is 2.25 bits per heavy atom. The highest BCUT2D eigenvalue weighted by atomic mass is 127. The predicted octanol–water partition coefficient (Wildman–Crippen LogP) is 7.42. The lowest BCUT2D eigenvalue weighted by Gasteiger charge is -2.32. The summed E-state index contributed by atoms with van der Waals surface area (Å²) in [4.78, 5) is 58.7. The number of likely N-dealkylation sites (tertiary alicyclic amines) is 1. The van der Waals surface area contributed by atoms with Crippen molar-refractivity contribution in [2.75, 3.05) is 107 Å². The molecule has 2 amide bonds. The van der Waals surface area contributed by atoms with Crippen LogP contribution in [-0.4, -0.2) is 161 Å². The van der Waals surface area contributed by atoms with Gasteiger partial charge in [0.05, 0.1) is 112 Å². The van der Waals surface area contributed by atoms with Crippen molar-refractivity contribution in [1.29, 1.82) is 0 Å². The van der Waals surface area contributed by atoms with Gasteiger partial charge in [0.25, 0.3) is 5.56 Å². The first kappa shape index (κ1) is 60.6. The molecule has 0 spiro atoms. The van der Waals surface area contributed by atoms with Crippen LogP contribution in [0.1, 0.15) is 61.7 Å². The Morgan fingerprint density at radius 2 is 1.59 bits per heavy atom. The summed E-state index contributed by atoms with van der Waals surface area (Å²) in [7, 11) is 1.73. The minimum absolute atomic E-state index is 0.0482. The molecule has 8 rings (SSSR count). The number of aliphatic hydroxyl groups excluding tert-OH is 1. The van der Waals surface area contributed by atoms with Crippen molar-refractivity contribution in [2.45, 2.75) is 77.7 Å². The molecule has 24 heteroatoms. The number of fused-ring (bicyclic) bond motifs is 1. The van der Waals surface area contributed by atoms with Crippen molar-refractivity contribution in [1.82, 2.24) is 34.9 Å². The quantitative estimate of drug-likeness (QED) is 0.0226. The number of hydrogen-bond donors (Lipinski definition) is 3. The van der Waals surface area contributed by atoms with E-state index in [0.29, 0.717) is 106 Å². The first-order valence-electron chi connectivity index (χ1n) is 26.9. The minimum Gasteiger partial charge on any atom is -0.491 e. The molecule has 0 bridgehead atoms. The van der Waals surface area contributed by atoms with E-state index in [2.05, 4.69) is 53.2 Å². The Labute approximate surface area is 488 Å². The van der Waals surface area contributed by atoms with E-state index < -0.39 is 18.1 Å². The number of amides is 2. The molecule has 4 aromatic heterocycles. The third-order valence-corrected chi connectivity index (χ3v) is 15.4. The van der Waals surface area contributed by atoms with Crippen LogP contribution >= 0.6 is 45.5 Å². The minimum atomic E-state index is -0.853. The molecule has 1 unspecified atom stereocenters. The van der Waals surface area contributed by atoms with Gasteiger partial charge < -0.3 is 67.8 Å². The molecule has 2 saturated heterocycles. The summed E-state index contributed by atoms with van der Waals surface area (Å²) >= 11 is 10.3. The largest absolute Gasteiger partial charge is 0.491 e. The zero-order valence-electron chi connectivity index (χ0n) is 45.8. The fourth-order valence-corrected chi connectivity index (χ4v) is 10.8. The summed E-state index contributed by atoms with van der Waals surface area (Å²) in [5.41, 5.74) is 6.42. The number of aromatic nitrogens is 5. The Balaban J connectivity index is 0.674. The summed E-state index contributed by atoms with van der Waals surface area (Å²) in [5, 5.41) is 22.2. The number of aryl methyl sites for hydroxylation is 3. The van der Waals surface area contributed by atoms with Gasteiger partial charge in [0, 0.05) is 66.8 Å². The molecule has 80 heavy (non-hydrogen) atoms. The van der Waals surface area contributed by atoms with E-state index in [1.165, 1.54) is 16.2 Å². The maximum absolute atomic E-state index is 13.9. The fraction of sp³-hybridized carbons (Fsp3) is 0.518. The number of anilines is 3. The number of thiazole rings is 1. The Kier molecular flexibility index (Phi) is 22.7. The van der Waals surface area contributed by atoms with E-state index >= 15 is 0 Å². The molecule has 0 radical (unpaired) electrons. The summed E-state index contributed by atoms with van der Waals surface area (Å²) in [6, 6.07) is 14.2. The molecule has 2 aliphatic rings. The molecule has 21 nitrogen and oxygen atoms in total. The van der Waals surface area contributed by atoms with E-state index in [0.717, 1.165) is 68.6 Å². The number of β-amino-alcohol motifs (C(OH)–C–C–N with tert-alkyl or cyclic N) is 1. The van der Waals surface area contributed by atoms with Gasteiger partial charge >= 0.3 is 0 Å². The van der Waals surface area contributed by atoms with Crippen LogP contribution < -0.4 is 30.6 Å². The number of carbonyl (C=O) groups excluding carboxylic acids is 2. The molecule has 0 aliphatic carbocycles. The van der Waals surface area contributed by atoms with Crippen LogP contribution in [0.25, 0.3) is 21.3 Å². The number of nitrogens with zero attached hydrogens (tertiary/aromatic N) is 7. The second-order valence-corrected chi connectivity index (χ2v) is 22.2. The summed E-state index contributed by atoms with van der Waals surface area (Å²) in [6.45, 7) is 13.7. The van der Waals surface area contributed by atoms with Crippen molar-refractivity contribution < 1.29 is 52.4 Å². The van der Waals surface area contributed by atoms with Crippen molar-refractivity contribution in [2.24, 2.45) is 13.0 Å². The molecule has 2 aromatic carbocycles. The smallest absolute Gasteiger partial charge is 0.293 e. The van der Waals surface area contributed by atoms with E-state index in [9.17, 15) is 19.5 Å². The number of ether oxygens (including phenoxy) is 7. The van der Waals surface area contributed by atoms with Gasteiger partial charge in [-0.2, -0.15) is 4.98 Å². The lowest BCUT2D eigenvalue weighted by atomic mass is 9.91. The van der Waals surface area contributed by atoms with Crippen LogP contribution in [0.4, 0.5) is 17.5 Å². The first-order valence-corrected chi connectivity index (χ1v) is 29.7. The maximum atomic E-state index is 13.9. The van der Waals surface area contributed by atoms with Crippen molar-refractivity contribution in [3.05, 3.63) is 98.3 Å². The lowest BCUT2D eigenvalue weighted by Crippen LogP contribution is -2.48. The van der Waals surface area contributed by atoms with Gasteiger partial charge in [0.1, 0.15) is 35.1 Å². The molecule has 2 fully saturated rings. The fourth-order valence-electron chi connectivity index (χ4n) is 9.59. The second kappa shape index (κ2) is 30.0. The van der Waals surface area contributed by atoms with E-state index in [-0.39, 0.29) is 55.5 Å². The molecular formula is C56H71ClIN9O12S. The van der Waals surface area contributed by atoms with Crippen molar-refractivity contribution in [3.8, 4) is 21.9 Å². The van der Waals surface area contributed by atoms with E-state index in [1.54, 1.807) is 42.4 Å². The number of nitrogens with one attached hydrogen (secondary N) is 2. The zero-order valence-corrected chi connectivity index (χ0v) is 49.6. The van der Waals surface area contributed by atoms with Crippen LogP contribution in [0, 0.1) is 19.8 Å². The summed E-state index contributed by atoms with van der Waals surface area (Å²) < 4.78 is 48.8. The third kappa shape index (κ3) is 16.4. The molecule has 6 heterocycles. The van der Waals surface area contributed by atoms with Gasteiger partial charge in [-0.1, -0.05) is 65.3 Å². The zero-order chi connectivity index (χ0) is 56.5. The highest BCUT2D eigenvalue weighted by Crippen LogP contribution is 2.34. The number of rotatable bonds is 30. The van der Waals surface area contributed by atoms with Crippen LogP contribution in [0.15, 0.2) is 69.6 Å². The molecule has 2 aliphatic heterocycles. The molecule has 3 atom stereocenters. The number of alkyl halides is 1.